The van der Waals surface area contributed by atoms with Gasteiger partial charge in [-0.05, 0) is 60.9 Å². The van der Waals surface area contributed by atoms with Crippen molar-refractivity contribution in [2.24, 2.45) is 0 Å². The first-order valence-corrected chi connectivity index (χ1v) is 13.5. The molecule has 2 aromatic carbocycles. The molecule has 8 nitrogen and oxygen atoms in total. The van der Waals surface area contributed by atoms with Gasteiger partial charge in [0.25, 0.3) is 0 Å². The van der Waals surface area contributed by atoms with E-state index in [1.165, 1.54) is 16.8 Å². The molecule has 35 heavy (non-hydrogen) atoms. The van der Waals surface area contributed by atoms with Crippen molar-refractivity contribution in [1.82, 2.24) is 19.1 Å². The van der Waals surface area contributed by atoms with Gasteiger partial charge in [0.2, 0.25) is 15.9 Å². The van der Waals surface area contributed by atoms with Gasteiger partial charge in [-0.25, -0.2) is 8.42 Å². The van der Waals surface area contributed by atoms with Crippen LogP contribution in [-0.4, -0.2) is 46.5 Å². The highest BCUT2D eigenvalue weighted by Crippen LogP contribution is 2.24. The molecule has 184 valence electrons. The Morgan fingerprint density at radius 3 is 2.40 bits per heavy atom. The Morgan fingerprint density at radius 2 is 1.71 bits per heavy atom. The molecule has 4 rings (SSSR count). The van der Waals surface area contributed by atoms with Crippen LogP contribution in [0.1, 0.15) is 44.5 Å². The second kappa shape index (κ2) is 11.0. The number of hydrogen-bond donors (Lipinski definition) is 1. The molecule has 0 fully saturated rings. The third kappa shape index (κ3) is 5.68. The molecule has 9 heteroatoms. The number of anilines is 1. The first-order chi connectivity index (χ1) is 16.9. The molecular formula is C26H31N5O3S. The second-order valence-corrected chi connectivity index (χ2v) is 10.4. The molecule has 1 aromatic heterocycles. The maximum atomic E-state index is 12.6. The topological polar surface area (TPSA) is 97.2 Å². The number of benzene rings is 2. The second-order valence-electron chi connectivity index (χ2n) is 8.46. The summed E-state index contributed by atoms with van der Waals surface area (Å²) in [5.74, 6) is 1.64. The molecule has 0 spiro atoms. The van der Waals surface area contributed by atoms with Crippen molar-refractivity contribution in [2.45, 2.75) is 51.0 Å². The van der Waals surface area contributed by atoms with E-state index in [1.54, 1.807) is 30.3 Å². The van der Waals surface area contributed by atoms with E-state index in [1.807, 2.05) is 38.1 Å². The van der Waals surface area contributed by atoms with E-state index >= 15 is 0 Å². The Hall–Kier alpha value is -3.30. The van der Waals surface area contributed by atoms with Gasteiger partial charge in [0.05, 0.1) is 4.90 Å². The van der Waals surface area contributed by atoms with Gasteiger partial charge < -0.3 is 9.88 Å². The number of nitrogens with zero attached hydrogens (tertiary/aromatic N) is 4. The van der Waals surface area contributed by atoms with Gasteiger partial charge >= 0.3 is 0 Å². The Morgan fingerprint density at radius 1 is 1.00 bits per heavy atom. The average molecular weight is 494 g/mol. The lowest BCUT2D eigenvalue weighted by molar-refractivity contribution is -0.111. The summed E-state index contributed by atoms with van der Waals surface area (Å²) in [5, 5.41) is 11.6. The van der Waals surface area contributed by atoms with E-state index < -0.39 is 10.0 Å². The molecule has 2 heterocycles. The monoisotopic (exact) mass is 493 g/mol. The highest BCUT2D eigenvalue weighted by Gasteiger charge is 2.21. The summed E-state index contributed by atoms with van der Waals surface area (Å²) in [7, 11) is -3.50. The fourth-order valence-corrected chi connectivity index (χ4v) is 5.68. The number of carbonyl (C=O) groups is 1. The molecule has 0 saturated heterocycles. The van der Waals surface area contributed by atoms with E-state index in [-0.39, 0.29) is 10.8 Å². The summed E-state index contributed by atoms with van der Waals surface area (Å²) in [4.78, 5) is 12.6. The largest absolute Gasteiger partial charge is 0.323 e. The summed E-state index contributed by atoms with van der Waals surface area (Å²) in [6.45, 7) is 5.40. The molecule has 1 aliphatic rings. The summed E-state index contributed by atoms with van der Waals surface area (Å²) in [6.07, 6.45) is 7.54. The molecule has 1 aliphatic heterocycles. The molecule has 0 unspecified atom stereocenters. The van der Waals surface area contributed by atoms with Crippen LogP contribution in [0.3, 0.4) is 0 Å². The average Bonchev–Trinajstić information content (AvgIpc) is 3.12. The molecule has 0 radical (unpaired) electrons. The van der Waals surface area contributed by atoms with Crippen LogP contribution in [-0.2, 0) is 27.8 Å². The molecule has 1 N–H and O–H groups in total. The first kappa shape index (κ1) is 24.8. The molecule has 3 aromatic rings. The normalized spacial score (nSPS) is 14.1. The van der Waals surface area contributed by atoms with Crippen LogP contribution in [0.25, 0.3) is 17.5 Å². The first-order valence-electron chi connectivity index (χ1n) is 12.0. The number of nitrogens with one attached hydrogen (secondary N) is 1. The molecular weight excluding hydrogens is 462 g/mol. The van der Waals surface area contributed by atoms with Crippen molar-refractivity contribution < 1.29 is 13.2 Å². The van der Waals surface area contributed by atoms with Crippen LogP contribution >= 0.6 is 0 Å². The summed E-state index contributed by atoms with van der Waals surface area (Å²) in [6, 6.07) is 14.1. The van der Waals surface area contributed by atoms with Crippen molar-refractivity contribution in [3.05, 3.63) is 66.0 Å². The highest BCUT2D eigenvalue weighted by molar-refractivity contribution is 7.89. The van der Waals surface area contributed by atoms with Gasteiger partial charge in [-0.2, -0.15) is 4.31 Å². The molecule has 1 amide bonds. The van der Waals surface area contributed by atoms with E-state index in [9.17, 15) is 13.2 Å². The number of sulfonamides is 1. The van der Waals surface area contributed by atoms with Gasteiger partial charge in [0, 0.05) is 43.4 Å². The Kier molecular flexibility index (Phi) is 7.77. The van der Waals surface area contributed by atoms with Crippen LogP contribution in [0.15, 0.2) is 59.5 Å². The van der Waals surface area contributed by atoms with Gasteiger partial charge in [-0.1, -0.05) is 32.4 Å². The van der Waals surface area contributed by atoms with Crippen molar-refractivity contribution in [3.63, 3.8) is 0 Å². The molecule has 0 atom stereocenters. The lowest BCUT2D eigenvalue weighted by atomic mass is 10.2. The zero-order chi connectivity index (χ0) is 24.8. The predicted octanol–water partition coefficient (Wildman–Crippen LogP) is 4.35. The maximum Gasteiger partial charge on any atom is 0.248 e. The number of hydrogen-bond acceptors (Lipinski definition) is 5. The predicted molar refractivity (Wildman–Crippen MR) is 137 cm³/mol. The quantitative estimate of drug-likeness (QED) is 0.471. The number of aryl methyl sites for hydroxylation is 1. The van der Waals surface area contributed by atoms with E-state index in [4.69, 9.17) is 0 Å². The molecule has 0 bridgehead atoms. The summed E-state index contributed by atoms with van der Waals surface area (Å²) in [5.41, 5.74) is 2.39. The third-order valence-electron chi connectivity index (χ3n) is 6.17. The van der Waals surface area contributed by atoms with Crippen molar-refractivity contribution in [1.29, 1.82) is 0 Å². The SMILES string of the molecule is CCN(CC)S(=O)(=O)c1ccc(/C=C/C(=O)Nc2ccc(-c3nnc4n3CCCCC4)cc2)cc1. The molecule has 0 aliphatic carbocycles. The summed E-state index contributed by atoms with van der Waals surface area (Å²) < 4.78 is 28.8. The van der Waals surface area contributed by atoms with E-state index in [2.05, 4.69) is 20.1 Å². The number of carbonyl (C=O) groups excluding carboxylic acids is 1. The Labute approximate surface area is 206 Å². The van der Waals surface area contributed by atoms with Crippen molar-refractivity contribution in [3.8, 4) is 11.4 Å². The number of fused-ring (bicyclic) bond motifs is 1. The van der Waals surface area contributed by atoms with E-state index in [0.29, 0.717) is 18.8 Å². The maximum absolute atomic E-state index is 12.6. The third-order valence-corrected chi connectivity index (χ3v) is 8.23. The minimum atomic E-state index is -3.50. The van der Waals surface area contributed by atoms with Crippen LogP contribution in [0.4, 0.5) is 5.69 Å². The van der Waals surface area contributed by atoms with Gasteiger partial charge in [0.1, 0.15) is 5.82 Å². The minimum absolute atomic E-state index is 0.243. The van der Waals surface area contributed by atoms with Crippen molar-refractivity contribution in [2.75, 3.05) is 18.4 Å². The van der Waals surface area contributed by atoms with Crippen LogP contribution in [0.2, 0.25) is 0 Å². The Balaban J connectivity index is 1.38. The number of aromatic nitrogens is 3. The fourth-order valence-electron chi connectivity index (χ4n) is 4.22. The molecule has 0 saturated carbocycles. The fraction of sp³-hybridized carbons (Fsp3) is 0.346. The zero-order valence-corrected chi connectivity index (χ0v) is 21.0. The van der Waals surface area contributed by atoms with Crippen LogP contribution in [0.5, 0.6) is 0 Å². The minimum Gasteiger partial charge on any atom is -0.323 e. The smallest absolute Gasteiger partial charge is 0.248 e. The van der Waals surface area contributed by atoms with Gasteiger partial charge in [-0.15, -0.1) is 10.2 Å². The standard InChI is InChI=1S/C26H31N5O3S/c1-3-30(4-2)35(33,34)23-16-9-20(10-17-23)11-18-25(32)27-22-14-12-21(13-15-22)26-29-28-24-8-6-5-7-19-31(24)26/h9-18H,3-8,19H2,1-2H3,(H,27,32)/b18-11+. The van der Waals surface area contributed by atoms with Gasteiger partial charge in [0.15, 0.2) is 5.82 Å². The number of amides is 1. The Bertz CT molecular complexity index is 1290. The lowest BCUT2D eigenvalue weighted by Crippen LogP contribution is -2.30. The van der Waals surface area contributed by atoms with Crippen molar-refractivity contribution >= 4 is 27.7 Å². The van der Waals surface area contributed by atoms with Gasteiger partial charge in [-0.3, -0.25) is 4.79 Å². The summed E-state index contributed by atoms with van der Waals surface area (Å²) >= 11 is 0. The number of rotatable bonds is 8. The van der Waals surface area contributed by atoms with Crippen LogP contribution < -0.4 is 5.32 Å². The van der Waals surface area contributed by atoms with Crippen LogP contribution in [0, 0.1) is 0 Å². The zero-order valence-electron chi connectivity index (χ0n) is 20.1. The van der Waals surface area contributed by atoms with E-state index in [0.717, 1.165) is 48.6 Å². The lowest BCUT2D eigenvalue weighted by Gasteiger charge is -2.18. The highest BCUT2D eigenvalue weighted by atomic mass is 32.2.